The molecule has 2 aromatic rings. The molecule has 2 rings (SSSR count). The topological polar surface area (TPSA) is 12.0 Å². The van der Waals surface area contributed by atoms with Gasteiger partial charge < -0.3 is 5.32 Å². The number of rotatable bonds is 6. The van der Waals surface area contributed by atoms with Crippen LogP contribution in [0.25, 0.3) is 0 Å². The van der Waals surface area contributed by atoms with Crippen LogP contribution in [0.1, 0.15) is 30.9 Å². The van der Waals surface area contributed by atoms with Gasteiger partial charge in [0.25, 0.3) is 0 Å². The summed E-state index contributed by atoms with van der Waals surface area (Å²) in [6.07, 6.45) is 1.04. The Morgan fingerprint density at radius 2 is 1.62 bits per heavy atom. The average Bonchev–Trinajstić information content (AvgIpc) is 2.43. The first-order chi connectivity index (χ1) is 10.0. The van der Waals surface area contributed by atoms with E-state index in [0.717, 1.165) is 21.9 Å². The minimum atomic E-state index is 0.471. The van der Waals surface area contributed by atoms with Crippen LogP contribution in [0, 0.1) is 0 Å². The summed E-state index contributed by atoms with van der Waals surface area (Å²) in [7, 11) is 0. The molecule has 0 aliphatic carbocycles. The van der Waals surface area contributed by atoms with E-state index in [1.54, 1.807) is 0 Å². The molecule has 0 bridgehead atoms. The molecule has 112 valence electrons. The van der Waals surface area contributed by atoms with Crippen LogP contribution >= 0.6 is 31.9 Å². The average molecular weight is 411 g/mol. The molecular weight excluding hydrogens is 390 g/mol. The molecule has 0 spiro atoms. The summed E-state index contributed by atoms with van der Waals surface area (Å²) < 4.78 is 2.29. The van der Waals surface area contributed by atoms with Gasteiger partial charge >= 0.3 is 0 Å². The van der Waals surface area contributed by atoms with Crippen molar-refractivity contribution in [2.45, 2.75) is 32.2 Å². The lowest BCUT2D eigenvalue weighted by atomic mass is 9.91. The summed E-state index contributed by atoms with van der Waals surface area (Å²) in [4.78, 5) is 0. The van der Waals surface area contributed by atoms with Crippen LogP contribution in [-0.2, 0) is 6.42 Å². The molecule has 0 aromatic heterocycles. The van der Waals surface area contributed by atoms with Crippen molar-refractivity contribution in [1.82, 2.24) is 5.32 Å². The molecule has 1 atom stereocenters. The van der Waals surface area contributed by atoms with Crippen molar-refractivity contribution in [3.8, 4) is 0 Å². The highest BCUT2D eigenvalue weighted by Gasteiger charge is 2.13. The maximum Gasteiger partial charge on any atom is 0.0178 e. The van der Waals surface area contributed by atoms with E-state index >= 15 is 0 Å². The van der Waals surface area contributed by atoms with Crippen molar-refractivity contribution >= 4 is 31.9 Å². The Bertz CT molecular complexity index is 581. The van der Waals surface area contributed by atoms with Crippen molar-refractivity contribution in [3.63, 3.8) is 0 Å². The summed E-state index contributed by atoms with van der Waals surface area (Å²) in [5.41, 5.74) is 2.73. The smallest absolute Gasteiger partial charge is 0.0178 e. The standard InChI is InChI=1S/C18H21Br2N/c1-13(2)21-12-16(15-6-4-8-18(20)11-15)9-14-5-3-7-17(19)10-14/h3-8,10-11,13,16,21H,9,12H2,1-2H3. The zero-order valence-corrected chi connectivity index (χ0v) is 15.6. The molecule has 0 aliphatic heterocycles. The molecule has 1 nitrogen and oxygen atoms in total. The minimum Gasteiger partial charge on any atom is -0.314 e. The molecule has 0 saturated carbocycles. The quantitative estimate of drug-likeness (QED) is 0.659. The van der Waals surface area contributed by atoms with E-state index < -0.39 is 0 Å². The lowest BCUT2D eigenvalue weighted by Gasteiger charge is -2.20. The van der Waals surface area contributed by atoms with E-state index in [1.165, 1.54) is 11.1 Å². The van der Waals surface area contributed by atoms with Gasteiger partial charge in [0.15, 0.2) is 0 Å². The number of hydrogen-bond acceptors (Lipinski definition) is 1. The summed E-state index contributed by atoms with van der Waals surface area (Å²) >= 11 is 7.14. The molecule has 21 heavy (non-hydrogen) atoms. The second-order valence-corrected chi connectivity index (χ2v) is 7.48. The summed E-state index contributed by atoms with van der Waals surface area (Å²) in [6, 6.07) is 17.7. The Morgan fingerprint density at radius 3 is 2.24 bits per heavy atom. The third kappa shape index (κ3) is 5.57. The Labute approximate surface area is 144 Å². The van der Waals surface area contributed by atoms with Crippen LogP contribution < -0.4 is 5.32 Å². The van der Waals surface area contributed by atoms with E-state index in [2.05, 4.69) is 99.6 Å². The van der Waals surface area contributed by atoms with Crippen LogP contribution in [0.4, 0.5) is 0 Å². The Morgan fingerprint density at radius 1 is 0.952 bits per heavy atom. The number of benzene rings is 2. The largest absolute Gasteiger partial charge is 0.314 e. The highest BCUT2D eigenvalue weighted by atomic mass is 79.9. The fourth-order valence-corrected chi connectivity index (χ4v) is 3.26. The SMILES string of the molecule is CC(C)NCC(Cc1cccc(Br)c1)c1cccc(Br)c1. The second kappa shape index (κ2) is 8.11. The molecule has 0 radical (unpaired) electrons. The third-order valence-electron chi connectivity index (χ3n) is 3.46. The van der Waals surface area contributed by atoms with Crippen LogP contribution in [0.2, 0.25) is 0 Å². The molecule has 1 unspecified atom stereocenters. The molecule has 3 heteroatoms. The van der Waals surface area contributed by atoms with Crippen molar-refractivity contribution < 1.29 is 0 Å². The van der Waals surface area contributed by atoms with Gasteiger partial charge in [0.1, 0.15) is 0 Å². The van der Waals surface area contributed by atoms with E-state index in [1.807, 2.05) is 0 Å². The van der Waals surface area contributed by atoms with Gasteiger partial charge in [-0.15, -0.1) is 0 Å². The van der Waals surface area contributed by atoms with E-state index in [0.29, 0.717) is 12.0 Å². The highest BCUT2D eigenvalue weighted by molar-refractivity contribution is 9.10. The summed E-state index contributed by atoms with van der Waals surface area (Å²) in [5.74, 6) is 0.471. The van der Waals surface area contributed by atoms with Crippen LogP contribution in [0.15, 0.2) is 57.5 Å². The van der Waals surface area contributed by atoms with Crippen molar-refractivity contribution in [2.75, 3.05) is 6.54 Å². The first-order valence-corrected chi connectivity index (χ1v) is 8.86. The Kier molecular flexibility index (Phi) is 6.46. The van der Waals surface area contributed by atoms with Gasteiger partial charge in [-0.2, -0.15) is 0 Å². The minimum absolute atomic E-state index is 0.471. The molecule has 0 amide bonds. The maximum atomic E-state index is 3.58. The molecule has 0 saturated heterocycles. The van der Waals surface area contributed by atoms with Crippen LogP contribution in [0.5, 0.6) is 0 Å². The summed E-state index contributed by atoms with van der Waals surface area (Å²) in [6.45, 7) is 5.37. The van der Waals surface area contributed by atoms with Gasteiger partial charge in [0.05, 0.1) is 0 Å². The fraction of sp³-hybridized carbons (Fsp3) is 0.333. The van der Waals surface area contributed by atoms with Gasteiger partial charge in [-0.3, -0.25) is 0 Å². The molecular formula is C18H21Br2N. The Hall–Kier alpha value is -0.640. The highest BCUT2D eigenvalue weighted by Crippen LogP contribution is 2.24. The number of halogens is 2. The van der Waals surface area contributed by atoms with Crippen molar-refractivity contribution in [1.29, 1.82) is 0 Å². The predicted octanol–water partition coefficient (Wildman–Crippen LogP) is 5.54. The molecule has 0 aliphatic rings. The monoisotopic (exact) mass is 409 g/mol. The van der Waals surface area contributed by atoms with Gasteiger partial charge in [-0.25, -0.2) is 0 Å². The number of hydrogen-bond donors (Lipinski definition) is 1. The molecule has 0 heterocycles. The second-order valence-electron chi connectivity index (χ2n) is 5.65. The Balaban J connectivity index is 2.19. The van der Waals surface area contributed by atoms with Gasteiger partial charge in [0.2, 0.25) is 0 Å². The zero-order valence-electron chi connectivity index (χ0n) is 12.4. The first kappa shape index (κ1) is 16.7. The first-order valence-electron chi connectivity index (χ1n) is 7.28. The fourth-order valence-electron chi connectivity index (χ4n) is 2.39. The lowest BCUT2D eigenvalue weighted by molar-refractivity contribution is 0.526. The maximum absolute atomic E-state index is 3.58. The summed E-state index contributed by atoms with van der Waals surface area (Å²) in [5, 5.41) is 3.57. The van der Waals surface area contributed by atoms with Crippen LogP contribution in [-0.4, -0.2) is 12.6 Å². The van der Waals surface area contributed by atoms with E-state index in [-0.39, 0.29) is 0 Å². The van der Waals surface area contributed by atoms with Crippen molar-refractivity contribution in [3.05, 3.63) is 68.6 Å². The molecule has 1 N–H and O–H groups in total. The molecule has 0 fully saturated rings. The number of nitrogens with one attached hydrogen (secondary N) is 1. The lowest BCUT2D eigenvalue weighted by Crippen LogP contribution is -2.29. The van der Waals surface area contributed by atoms with Crippen molar-refractivity contribution in [2.24, 2.45) is 0 Å². The van der Waals surface area contributed by atoms with Gasteiger partial charge in [-0.05, 0) is 41.8 Å². The van der Waals surface area contributed by atoms with Gasteiger partial charge in [-0.1, -0.05) is 70.0 Å². The normalized spacial score (nSPS) is 12.6. The van der Waals surface area contributed by atoms with E-state index in [9.17, 15) is 0 Å². The third-order valence-corrected chi connectivity index (χ3v) is 4.45. The zero-order chi connectivity index (χ0) is 15.2. The predicted molar refractivity (Wildman–Crippen MR) is 97.9 cm³/mol. The van der Waals surface area contributed by atoms with Gasteiger partial charge in [0, 0.05) is 27.4 Å². The van der Waals surface area contributed by atoms with E-state index in [4.69, 9.17) is 0 Å². The molecule has 2 aromatic carbocycles. The van der Waals surface area contributed by atoms with Crippen LogP contribution in [0.3, 0.4) is 0 Å².